The van der Waals surface area contributed by atoms with Crippen LogP contribution in [0.15, 0.2) is 30.3 Å². The molecule has 21 heavy (non-hydrogen) atoms. The minimum atomic E-state index is -0.672. The van der Waals surface area contributed by atoms with Gasteiger partial charge in [-0.3, -0.25) is 0 Å². The van der Waals surface area contributed by atoms with Crippen molar-refractivity contribution < 1.29 is 23.7 Å². The van der Waals surface area contributed by atoms with Crippen molar-refractivity contribution in [3.63, 3.8) is 0 Å². The predicted molar refractivity (Wildman–Crippen MR) is 79.2 cm³/mol. The van der Waals surface area contributed by atoms with E-state index < -0.39 is 6.16 Å². The molecule has 0 aliphatic carbocycles. The van der Waals surface area contributed by atoms with Crippen LogP contribution in [0.4, 0.5) is 4.79 Å². The molecule has 2 atom stereocenters. The summed E-state index contributed by atoms with van der Waals surface area (Å²) in [6, 6.07) is 9.83. The lowest BCUT2D eigenvalue weighted by atomic mass is 10.1. The van der Waals surface area contributed by atoms with Crippen molar-refractivity contribution in [2.75, 3.05) is 26.4 Å². The molecule has 5 nitrogen and oxygen atoms in total. The minimum Gasteiger partial charge on any atom is -0.435 e. The van der Waals surface area contributed by atoms with Gasteiger partial charge in [0.15, 0.2) is 0 Å². The van der Waals surface area contributed by atoms with Crippen LogP contribution in [-0.4, -0.2) is 38.7 Å². The van der Waals surface area contributed by atoms with Crippen molar-refractivity contribution in [1.29, 1.82) is 0 Å². The average molecular weight is 296 g/mol. The van der Waals surface area contributed by atoms with Crippen molar-refractivity contribution in [3.05, 3.63) is 35.9 Å². The van der Waals surface area contributed by atoms with E-state index in [4.69, 9.17) is 18.9 Å². The zero-order chi connectivity index (χ0) is 15.5. The summed E-state index contributed by atoms with van der Waals surface area (Å²) in [4.78, 5) is 11.2. The van der Waals surface area contributed by atoms with Crippen molar-refractivity contribution in [2.24, 2.45) is 0 Å². The fourth-order valence-corrected chi connectivity index (χ4v) is 1.73. The van der Waals surface area contributed by atoms with Gasteiger partial charge in [0.05, 0.1) is 19.8 Å². The van der Waals surface area contributed by atoms with Crippen LogP contribution in [0.3, 0.4) is 0 Å². The van der Waals surface area contributed by atoms with E-state index in [1.54, 1.807) is 13.8 Å². The Balaban J connectivity index is 2.47. The Labute approximate surface area is 126 Å². The summed E-state index contributed by atoms with van der Waals surface area (Å²) in [5, 5.41) is 0. The van der Waals surface area contributed by atoms with Gasteiger partial charge in [-0.1, -0.05) is 30.3 Å². The molecule has 0 saturated heterocycles. The fraction of sp³-hybridized carbons (Fsp3) is 0.562. The van der Waals surface area contributed by atoms with Gasteiger partial charge in [0.25, 0.3) is 0 Å². The van der Waals surface area contributed by atoms with Crippen LogP contribution in [0.25, 0.3) is 0 Å². The van der Waals surface area contributed by atoms with Crippen molar-refractivity contribution in [3.8, 4) is 0 Å². The highest BCUT2D eigenvalue weighted by molar-refractivity contribution is 5.59. The highest BCUT2D eigenvalue weighted by Crippen LogP contribution is 2.18. The maximum atomic E-state index is 11.2. The lowest BCUT2D eigenvalue weighted by Crippen LogP contribution is -2.23. The molecule has 0 N–H and O–H groups in total. The van der Waals surface area contributed by atoms with Gasteiger partial charge >= 0.3 is 6.16 Å². The van der Waals surface area contributed by atoms with E-state index in [1.807, 2.05) is 37.3 Å². The van der Waals surface area contributed by atoms with Crippen LogP contribution >= 0.6 is 0 Å². The standard InChI is InChI=1S/C16H24O5/c1-4-18-12-15(14-9-7-6-8-10-14)20-11-13(3)21-16(17)19-5-2/h6-10,13,15H,4-5,11-12H2,1-3H3. The second-order valence-electron chi connectivity index (χ2n) is 4.50. The SMILES string of the molecule is CCOCC(OCC(C)OC(=O)OCC)c1ccccc1. The Morgan fingerprint density at radius 2 is 1.81 bits per heavy atom. The molecule has 118 valence electrons. The Morgan fingerprint density at radius 1 is 1.10 bits per heavy atom. The number of ether oxygens (including phenoxy) is 4. The quantitative estimate of drug-likeness (QED) is 0.654. The van der Waals surface area contributed by atoms with E-state index in [9.17, 15) is 4.79 Å². The van der Waals surface area contributed by atoms with Crippen molar-refractivity contribution >= 4 is 6.16 Å². The minimum absolute atomic E-state index is 0.181. The molecule has 0 saturated carbocycles. The summed E-state index contributed by atoms with van der Waals surface area (Å²) < 4.78 is 21.0. The third-order valence-electron chi connectivity index (χ3n) is 2.74. The molecule has 1 aromatic carbocycles. The maximum absolute atomic E-state index is 11.2. The lowest BCUT2D eigenvalue weighted by molar-refractivity contribution is -0.0579. The molecule has 2 unspecified atom stereocenters. The first-order chi connectivity index (χ1) is 10.2. The van der Waals surface area contributed by atoms with Crippen LogP contribution < -0.4 is 0 Å². The van der Waals surface area contributed by atoms with E-state index in [1.165, 1.54) is 0 Å². The summed E-state index contributed by atoms with van der Waals surface area (Å²) in [5.41, 5.74) is 1.04. The van der Waals surface area contributed by atoms with Gasteiger partial charge in [0, 0.05) is 6.61 Å². The van der Waals surface area contributed by atoms with Crippen molar-refractivity contribution in [2.45, 2.75) is 33.0 Å². The monoisotopic (exact) mass is 296 g/mol. The zero-order valence-electron chi connectivity index (χ0n) is 12.9. The highest BCUT2D eigenvalue weighted by Gasteiger charge is 2.16. The predicted octanol–water partition coefficient (Wildman–Crippen LogP) is 3.34. The molecule has 0 fully saturated rings. The van der Waals surface area contributed by atoms with Gasteiger partial charge < -0.3 is 18.9 Å². The number of hydrogen-bond donors (Lipinski definition) is 0. The third kappa shape index (κ3) is 7.11. The summed E-state index contributed by atoms with van der Waals surface area (Å²) >= 11 is 0. The zero-order valence-corrected chi connectivity index (χ0v) is 12.9. The van der Waals surface area contributed by atoms with Gasteiger partial charge in [-0.2, -0.15) is 0 Å². The Morgan fingerprint density at radius 3 is 2.43 bits per heavy atom. The number of hydrogen-bond acceptors (Lipinski definition) is 5. The van der Waals surface area contributed by atoms with E-state index in [-0.39, 0.29) is 18.8 Å². The molecule has 0 aromatic heterocycles. The fourth-order valence-electron chi connectivity index (χ4n) is 1.73. The average Bonchev–Trinajstić information content (AvgIpc) is 2.48. The molecular formula is C16H24O5. The summed E-state index contributed by atoms with van der Waals surface area (Å²) in [6.45, 7) is 7.10. The molecule has 0 aliphatic rings. The topological polar surface area (TPSA) is 54.0 Å². The lowest BCUT2D eigenvalue weighted by Gasteiger charge is -2.20. The van der Waals surface area contributed by atoms with E-state index in [2.05, 4.69) is 0 Å². The van der Waals surface area contributed by atoms with Gasteiger partial charge in [-0.05, 0) is 26.3 Å². The first-order valence-corrected chi connectivity index (χ1v) is 7.25. The number of carbonyl (C=O) groups is 1. The van der Waals surface area contributed by atoms with Gasteiger partial charge in [-0.15, -0.1) is 0 Å². The molecule has 5 heteroatoms. The first-order valence-electron chi connectivity index (χ1n) is 7.25. The molecule has 0 heterocycles. The summed E-state index contributed by atoms with van der Waals surface area (Å²) in [5.74, 6) is 0. The van der Waals surface area contributed by atoms with Crippen LogP contribution in [0.1, 0.15) is 32.4 Å². The third-order valence-corrected chi connectivity index (χ3v) is 2.74. The second-order valence-corrected chi connectivity index (χ2v) is 4.50. The van der Waals surface area contributed by atoms with Gasteiger partial charge in [0.1, 0.15) is 12.2 Å². The Bertz CT molecular complexity index is 393. The van der Waals surface area contributed by atoms with Crippen molar-refractivity contribution in [1.82, 2.24) is 0 Å². The second kappa shape index (κ2) is 10.2. The molecule has 0 radical (unpaired) electrons. The van der Waals surface area contributed by atoms with E-state index in [0.717, 1.165) is 5.56 Å². The molecular weight excluding hydrogens is 272 g/mol. The molecule has 0 spiro atoms. The molecule has 0 aliphatic heterocycles. The van der Waals surface area contributed by atoms with Gasteiger partial charge in [0.2, 0.25) is 0 Å². The van der Waals surface area contributed by atoms with Crippen LogP contribution in [0.2, 0.25) is 0 Å². The van der Waals surface area contributed by atoms with E-state index in [0.29, 0.717) is 19.8 Å². The Hall–Kier alpha value is -1.59. The smallest absolute Gasteiger partial charge is 0.435 e. The molecule has 1 rings (SSSR count). The summed E-state index contributed by atoms with van der Waals surface area (Å²) in [7, 11) is 0. The maximum Gasteiger partial charge on any atom is 0.508 e. The Kier molecular flexibility index (Phi) is 8.47. The van der Waals surface area contributed by atoms with Crippen LogP contribution in [0.5, 0.6) is 0 Å². The first kappa shape index (κ1) is 17.5. The van der Waals surface area contributed by atoms with Crippen LogP contribution in [-0.2, 0) is 18.9 Å². The number of rotatable bonds is 9. The normalized spacial score (nSPS) is 13.5. The summed E-state index contributed by atoms with van der Waals surface area (Å²) in [6.07, 6.45) is -1.23. The highest BCUT2D eigenvalue weighted by atomic mass is 16.7. The molecule has 1 aromatic rings. The largest absolute Gasteiger partial charge is 0.508 e. The van der Waals surface area contributed by atoms with Crippen LogP contribution in [0, 0.1) is 0 Å². The number of benzene rings is 1. The number of carbonyl (C=O) groups excluding carboxylic acids is 1. The molecule has 0 amide bonds. The molecule has 0 bridgehead atoms. The van der Waals surface area contributed by atoms with Gasteiger partial charge in [-0.25, -0.2) is 4.79 Å². The van der Waals surface area contributed by atoms with E-state index >= 15 is 0 Å².